The maximum absolute atomic E-state index is 9.10. The van der Waals surface area contributed by atoms with Crippen LogP contribution >= 0.6 is 11.8 Å². The molecule has 7 heteroatoms. The molecule has 3 rings (SSSR count). The van der Waals surface area contributed by atoms with Crippen molar-refractivity contribution in [3.8, 4) is 0 Å². The van der Waals surface area contributed by atoms with Gasteiger partial charge in [-0.3, -0.25) is 0 Å². The predicted octanol–water partition coefficient (Wildman–Crippen LogP) is 2.68. The Balaban J connectivity index is 0.000000301. The van der Waals surface area contributed by atoms with Crippen LogP contribution in [-0.2, 0) is 16.0 Å². The second kappa shape index (κ2) is 8.21. The van der Waals surface area contributed by atoms with E-state index in [1.54, 1.807) is 5.56 Å². The third-order valence-corrected chi connectivity index (χ3v) is 5.11. The van der Waals surface area contributed by atoms with E-state index in [1.807, 2.05) is 18.8 Å². The van der Waals surface area contributed by atoms with Gasteiger partial charge >= 0.3 is 11.9 Å². The average molecular weight is 350 g/mol. The molecule has 4 N–H and O–H groups in total. The zero-order valence-corrected chi connectivity index (χ0v) is 14.6. The first kappa shape index (κ1) is 18.4. The van der Waals surface area contributed by atoms with Crippen molar-refractivity contribution in [2.45, 2.75) is 30.7 Å². The fraction of sp³-hybridized carbons (Fsp3) is 0.412. The molecule has 0 saturated heterocycles. The molecule has 1 unspecified atom stereocenters. The molecule has 0 radical (unpaired) electrons. The Morgan fingerprint density at radius 1 is 1.33 bits per heavy atom. The van der Waals surface area contributed by atoms with Crippen molar-refractivity contribution in [2.24, 2.45) is 0 Å². The quantitative estimate of drug-likeness (QED) is 0.635. The van der Waals surface area contributed by atoms with E-state index in [2.05, 4.69) is 35.4 Å². The number of para-hydroxylation sites is 1. The molecule has 0 bridgehead atoms. The molecule has 0 amide bonds. The SMILES string of the molecule is CCc1cccc2c3c([nH]c12)SCCC3CNC.O=C(O)C(=O)O. The Kier molecular flexibility index (Phi) is 6.28. The van der Waals surface area contributed by atoms with Crippen molar-refractivity contribution in [3.05, 3.63) is 29.3 Å². The lowest BCUT2D eigenvalue weighted by atomic mass is 9.94. The molecule has 1 atom stereocenters. The summed E-state index contributed by atoms with van der Waals surface area (Å²) in [7, 11) is 2.05. The number of thioether (sulfide) groups is 1. The van der Waals surface area contributed by atoms with Crippen molar-refractivity contribution in [2.75, 3.05) is 19.3 Å². The first-order chi connectivity index (χ1) is 11.5. The highest BCUT2D eigenvalue weighted by Gasteiger charge is 2.25. The second-order valence-electron chi connectivity index (χ2n) is 5.56. The van der Waals surface area contributed by atoms with E-state index in [0.29, 0.717) is 5.92 Å². The molecule has 1 aliphatic rings. The Hall–Kier alpha value is -1.99. The Bertz CT molecular complexity index is 730. The predicted molar refractivity (Wildman–Crippen MR) is 95.0 cm³/mol. The highest BCUT2D eigenvalue weighted by molar-refractivity contribution is 7.99. The minimum atomic E-state index is -1.82. The van der Waals surface area contributed by atoms with Crippen LogP contribution in [0.25, 0.3) is 10.9 Å². The van der Waals surface area contributed by atoms with E-state index >= 15 is 0 Å². The van der Waals surface area contributed by atoms with Crippen LogP contribution in [0.15, 0.2) is 23.2 Å². The van der Waals surface area contributed by atoms with Crippen molar-refractivity contribution >= 4 is 34.6 Å². The number of fused-ring (bicyclic) bond motifs is 3. The van der Waals surface area contributed by atoms with Crippen molar-refractivity contribution in [1.29, 1.82) is 0 Å². The minimum Gasteiger partial charge on any atom is -0.473 e. The zero-order chi connectivity index (χ0) is 17.7. The van der Waals surface area contributed by atoms with Crippen molar-refractivity contribution in [3.63, 3.8) is 0 Å². The smallest absolute Gasteiger partial charge is 0.414 e. The largest absolute Gasteiger partial charge is 0.473 e. The normalized spacial score (nSPS) is 16.2. The van der Waals surface area contributed by atoms with Gasteiger partial charge in [-0.1, -0.05) is 25.1 Å². The molecule has 0 aliphatic carbocycles. The highest BCUT2D eigenvalue weighted by atomic mass is 32.2. The maximum Gasteiger partial charge on any atom is 0.414 e. The number of aryl methyl sites for hydroxylation is 1. The molecule has 2 heterocycles. The first-order valence-corrected chi connectivity index (χ1v) is 8.85. The fourth-order valence-electron chi connectivity index (χ4n) is 2.99. The Labute approximate surface area is 144 Å². The maximum atomic E-state index is 9.10. The van der Waals surface area contributed by atoms with Crippen LogP contribution in [0.1, 0.15) is 30.4 Å². The number of nitrogens with one attached hydrogen (secondary N) is 2. The van der Waals surface area contributed by atoms with Gasteiger partial charge in [0.2, 0.25) is 0 Å². The minimum absolute atomic E-state index is 0.659. The molecule has 1 aromatic carbocycles. The van der Waals surface area contributed by atoms with Crippen molar-refractivity contribution < 1.29 is 19.8 Å². The van der Waals surface area contributed by atoms with Crippen LogP contribution in [0, 0.1) is 0 Å². The number of hydrogen-bond donors (Lipinski definition) is 4. The monoisotopic (exact) mass is 350 g/mol. The molecule has 24 heavy (non-hydrogen) atoms. The summed E-state index contributed by atoms with van der Waals surface area (Å²) in [5.41, 5.74) is 4.34. The third-order valence-electron chi connectivity index (χ3n) is 4.06. The number of H-pyrrole nitrogens is 1. The van der Waals surface area contributed by atoms with Gasteiger partial charge in [0.05, 0.1) is 5.03 Å². The van der Waals surface area contributed by atoms with Crippen LogP contribution < -0.4 is 5.32 Å². The number of aromatic amines is 1. The van der Waals surface area contributed by atoms with Gasteiger partial charge in [0.25, 0.3) is 0 Å². The molecule has 1 aliphatic heterocycles. The van der Waals surface area contributed by atoms with E-state index in [1.165, 1.54) is 33.7 Å². The second-order valence-corrected chi connectivity index (χ2v) is 6.67. The molecular formula is C17H22N2O4S. The summed E-state index contributed by atoms with van der Waals surface area (Å²) in [6.07, 6.45) is 2.37. The molecule has 130 valence electrons. The van der Waals surface area contributed by atoms with E-state index in [4.69, 9.17) is 19.8 Å². The number of carboxylic acid groups (broad SMARTS) is 2. The molecule has 0 saturated carbocycles. The number of aromatic nitrogens is 1. The van der Waals surface area contributed by atoms with Gasteiger partial charge in [-0.15, -0.1) is 11.8 Å². The number of benzene rings is 1. The summed E-state index contributed by atoms with van der Waals surface area (Å²) in [4.78, 5) is 21.9. The van der Waals surface area contributed by atoms with Gasteiger partial charge in [0.1, 0.15) is 0 Å². The average Bonchev–Trinajstić information content (AvgIpc) is 2.95. The Morgan fingerprint density at radius 3 is 2.62 bits per heavy atom. The lowest BCUT2D eigenvalue weighted by Crippen LogP contribution is -2.20. The topological polar surface area (TPSA) is 102 Å². The van der Waals surface area contributed by atoms with E-state index in [0.717, 1.165) is 13.0 Å². The van der Waals surface area contributed by atoms with Crippen LogP contribution in [0.4, 0.5) is 0 Å². The van der Waals surface area contributed by atoms with E-state index in [9.17, 15) is 0 Å². The Morgan fingerprint density at radius 2 is 2.04 bits per heavy atom. The third kappa shape index (κ3) is 3.91. The number of carboxylic acids is 2. The van der Waals surface area contributed by atoms with Gasteiger partial charge in [0, 0.05) is 29.1 Å². The summed E-state index contributed by atoms with van der Waals surface area (Å²) < 4.78 is 0. The van der Waals surface area contributed by atoms with Gasteiger partial charge < -0.3 is 20.5 Å². The van der Waals surface area contributed by atoms with Gasteiger partial charge in [-0.25, -0.2) is 9.59 Å². The lowest BCUT2D eigenvalue weighted by Gasteiger charge is -2.22. The van der Waals surface area contributed by atoms with Crippen LogP contribution in [0.5, 0.6) is 0 Å². The van der Waals surface area contributed by atoms with Gasteiger partial charge in [0.15, 0.2) is 0 Å². The van der Waals surface area contributed by atoms with Crippen molar-refractivity contribution in [1.82, 2.24) is 10.3 Å². The fourth-order valence-corrected chi connectivity index (χ4v) is 4.20. The lowest BCUT2D eigenvalue weighted by molar-refractivity contribution is -0.159. The van der Waals surface area contributed by atoms with Crippen LogP contribution in [0.2, 0.25) is 0 Å². The molecule has 6 nitrogen and oxygen atoms in total. The molecule has 1 aromatic heterocycles. The van der Waals surface area contributed by atoms with Crippen LogP contribution in [-0.4, -0.2) is 46.5 Å². The molecular weight excluding hydrogens is 328 g/mol. The zero-order valence-electron chi connectivity index (χ0n) is 13.8. The number of aliphatic carboxylic acids is 2. The molecule has 0 fully saturated rings. The summed E-state index contributed by atoms with van der Waals surface area (Å²) in [5.74, 6) is -1.76. The number of likely N-dealkylation sites (N-methyl/N-ethyl adjacent to an activating group) is 1. The number of hydrogen-bond acceptors (Lipinski definition) is 4. The first-order valence-electron chi connectivity index (χ1n) is 7.86. The van der Waals surface area contributed by atoms with Gasteiger partial charge in [-0.05, 0) is 31.0 Å². The van der Waals surface area contributed by atoms with Crippen LogP contribution in [0.3, 0.4) is 0 Å². The standard InChI is InChI=1S/C15H20N2S.C2H2O4/c1-3-10-5-4-6-12-13-11(9-16-2)7-8-18-15(13)17-14(10)12;3-1(4)2(5)6/h4-6,11,16-17H,3,7-9H2,1-2H3;(H,3,4)(H,5,6). The number of rotatable bonds is 3. The summed E-state index contributed by atoms with van der Waals surface area (Å²) in [6.45, 7) is 3.31. The number of carbonyl (C=O) groups is 2. The summed E-state index contributed by atoms with van der Waals surface area (Å²) in [5, 5.41) is 21.0. The highest BCUT2D eigenvalue weighted by Crippen LogP contribution is 2.42. The van der Waals surface area contributed by atoms with E-state index < -0.39 is 11.9 Å². The van der Waals surface area contributed by atoms with E-state index in [-0.39, 0.29) is 0 Å². The van der Waals surface area contributed by atoms with Gasteiger partial charge in [-0.2, -0.15) is 0 Å². The molecule has 2 aromatic rings. The summed E-state index contributed by atoms with van der Waals surface area (Å²) >= 11 is 1.98. The summed E-state index contributed by atoms with van der Waals surface area (Å²) in [6, 6.07) is 6.71. The molecule has 0 spiro atoms.